The van der Waals surface area contributed by atoms with Gasteiger partial charge in [0.15, 0.2) is 0 Å². The lowest BCUT2D eigenvalue weighted by Gasteiger charge is -2.16. The van der Waals surface area contributed by atoms with E-state index in [4.69, 9.17) is 11.6 Å². The van der Waals surface area contributed by atoms with Gasteiger partial charge in [0.1, 0.15) is 0 Å². The lowest BCUT2D eigenvalue weighted by atomic mass is 10.1. The van der Waals surface area contributed by atoms with Crippen LogP contribution in [0.3, 0.4) is 0 Å². The molecule has 0 saturated carbocycles. The molecule has 0 saturated heterocycles. The van der Waals surface area contributed by atoms with Crippen molar-refractivity contribution in [2.45, 2.75) is 13.0 Å². The zero-order chi connectivity index (χ0) is 13.8. The van der Waals surface area contributed by atoms with Gasteiger partial charge in [0, 0.05) is 9.50 Å². The molecule has 0 aliphatic heterocycles. The molecule has 0 unspecified atom stereocenters. The van der Waals surface area contributed by atoms with E-state index in [2.05, 4.69) is 21.2 Å². The molecule has 2 nitrogen and oxygen atoms in total. The molecular weight excluding hydrogens is 326 g/mol. The molecule has 0 fully saturated rings. The minimum Gasteiger partial charge on any atom is -0.345 e. The molecule has 0 aliphatic carbocycles. The second-order valence-electron chi connectivity index (χ2n) is 4.20. The Morgan fingerprint density at radius 3 is 2.47 bits per heavy atom. The standard InChI is InChI=1S/C15H13BrClNO/c1-10(11-6-3-5-9-14(11)17)18-15(19)12-7-2-4-8-13(12)16/h2-10H,1H3,(H,18,19)/t10-/m1/s1. The average molecular weight is 339 g/mol. The first-order valence-electron chi connectivity index (χ1n) is 5.89. The van der Waals surface area contributed by atoms with Gasteiger partial charge in [-0.1, -0.05) is 41.9 Å². The van der Waals surface area contributed by atoms with Crippen LogP contribution in [0.5, 0.6) is 0 Å². The predicted octanol–water partition coefficient (Wildman–Crippen LogP) is 4.59. The zero-order valence-corrected chi connectivity index (χ0v) is 12.7. The van der Waals surface area contributed by atoms with Gasteiger partial charge in [-0.25, -0.2) is 0 Å². The normalized spacial score (nSPS) is 11.9. The summed E-state index contributed by atoms with van der Waals surface area (Å²) in [6.07, 6.45) is 0. The van der Waals surface area contributed by atoms with Crippen molar-refractivity contribution in [2.24, 2.45) is 0 Å². The van der Waals surface area contributed by atoms with Crippen LogP contribution in [-0.4, -0.2) is 5.91 Å². The first-order valence-corrected chi connectivity index (χ1v) is 7.06. The highest BCUT2D eigenvalue weighted by Crippen LogP contribution is 2.23. The van der Waals surface area contributed by atoms with Crippen LogP contribution >= 0.6 is 27.5 Å². The maximum Gasteiger partial charge on any atom is 0.252 e. The molecule has 0 aliphatic rings. The number of halogens is 2. The van der Waals surface area contributed by atoms with E-state index in [0.29, 0.717) is 10.6 Å². The van der Waals surface area contributed by atoms with E-state index >= 15 is 0 Å². The summed E-state index contributed by atoms with van der Waals surface area (Å²) in [5.74, 6) is -0.125. The monoisotopic (exact) mass is 337 g/mol. The third kappa shape index (κ3) is 3.37. The Hall–Kier alpha value is -1.32. The van der Waals surface area contributed by atoms with Gasteiger partial charge >= 0.3 is 0 Å². The minimum absolute atomic E-state index is 0.125. The Kier molecular flexibility index (Phi) is 4.61. The zero-order valence-electron chi connectivity index (χ0n) is 10.4. The molecule has 0 radical (unpaired) electrons. The molecule has 2 rings (SSSR count). The highest BCUT2D eigenvalue weighted by Gasteiger charge is 2.15. The lowest BCUT2D eigenvalue weighted by Crippen LogP contribution is -2.27. The first kappa shape index (κ1) is 14.1. The van der Waals surface area contributed by atoms with E-state index in [0.717, 1.165) is 10.0 Å². The number of hydrogen-bond donors (Lipinski definition) is 1. The summed E-state index contributed by atoms with van der Waals surface area (Å²) in [4.78, 5) is 12.2. The van der Waals surface area contributed by atoms with E-state index in [-0.39, 0.29) is 11.9 Å². The smallest absolute Gasteiger partial charge is 0.252 e. The van der Waals surface area contributed by atoms with Crippen LogP contribution in [0.1, 0.15) is 28.9 Å². The van der Waals surface area contributed by atoms with Crippen LogP contribution in [0.2, 0.25) is 5.02 Å². The van der Waals surface area contributed by atoms with E-state index < -0.39 is 0 Å². The van der Waals surface area contributed by atoms with Gasteiger partial charge in [0.25, 0.3) is 5.91 Å². The molecule has 1 N–H and O–H groups in total. The Balaban J connectivity index is 2.16. The van der Waals surface area contributed by atoms with E-state index in [1.54, 1.807) is 6.07 Å². The SMILES string of the molecule is C[C@@H](NC(=O)c1ccccc1Br)c1ccccc1Cl. The first-order chi connectivity index (χ1) is 9.09. The van der Waals surface area contributed by atoms with E-state index in [1.807, 2.05) is 49.4 Å². The summed E-state index contributed by atoms with van der Waals surface area (Å²) in [5, 5.41) is 3.60. The van der Waals surface area contributed by atoms with Gasteiger partial charge in [-0.3, -0.25) is 4.79 Å². The highest BCUT2D eigenvalue weighted by molar-refractivity contribution is 9.10. The third-order valence-corrected chi connectivity index (χ3v) is 3.87. The summed E-state index contributed by atoms with van der Waals surface area (Å²) in [6, 6.07) is 14.7. The number of hydrogen-bond acceptors (Lipinski definition) is 1. The topological polar surface area (TPSA) is 29.1 Å². The van der Waals surface area contributed by atoms with Gasteiger partial charge in [0.2, 0.25) is 0 Å². The molecule has 1 amide bonds. The van der Waals surface area contributed by atoms with Gasteiger partial charge in [0.05, 0.1) is 11.6 Å². The largest absolute Gasteiger partial charge is 0.345 e. The van der Waals surface area contributed by atoms with Crippen molar-refractivity contribution in [1.29, 1.82) is 0 Å². The second kappa shape index (κ2) is 6.22. The van der Waals surface area contributed by atoms with Crippen LogP contribution in [0.4, 0.5) is 0 Å². The number of carbonyl (C=O) groups is 1. The van der Waals surface area contributed by atoms with Crippen LogP contribution in [0, 0.1) is 0 Å². The highest BCUT2D eigenvalue weighted by atomic mass is 79.9. The molecule has 0 heterocycles. The number of carbonyl (C=O) groups excluding carboxylic acids is 1. The predicted molar refractivity (Wildman–Crippen MR) is 81.5 cm³/mol. The number of benzene rings is 2. The molecule has 19 heavy (non-hydrogen) atoms. The van der Waals surface area contributed by atoms with Crippen LogP contribution < -0.4 is 5.32 Å². The summed E-state index contributed by atoms with van der Waals surface area (Å²) in [6.45, 7) is 1.91. The Labute approximate surface area is 125 Å². The number of rotatable bonds is 3. The van der Waals surface area contributed by atoms with Gasteiger partial charge in [-0.2, -0.15) is 0 Å². The van der Waals surface area contributed by atoms with Crippen LogP contribution in [0.25, 0.3) is 0 Å². The summed E-state index contributed by atoms with van der Waals surface area (Å²) in [7, 11) is 0. The average Bonchev–Trinajstić information content (AvgIpc) is 2.39. The summed E-state index contributed by atoms with van der Waals surface area (Å²) >= 11 is 9.49. The summed E-state index contributed by atoms with van der Waals surface area (Å²) < 4.78 is 0.777. The van der Waals surface area contributed by atoms with Crippen molar-refractivity contribution in [3.8, 4) is 0 Å². The molecule has 2 aromatic rings. The van der Waals surface area contributed by atoms with Crippen LogP contribution in [0.15, 0.2) is 53.0 Å². The maximum atomic E-state index is 12.2. The van der Waals surface area contributed by atoms with Crippen molar-refractivity contribution >= 4 is 33.4 Å². The number of nitrogens with one attached hydrogen (secondary N) is 1. The minimum atomic E-state index is -0.145. The fourth-order valence-electron chi connectivity index (χ4n) is 1.82. The molecular formula is C15H13BrClNO. The molecule has 4 heteroatoms. The molecule has 2 aromatic carbocycles. The van der Waals surface area contributed by atoms with Crippen molar-refractivity contribution in [1.82, 2.24) is 5.32 Å². The molecule has 1 atom stereocenters. The molecule has 0 bridgehead atoms. The lowest BCUT2D eigenvalue weighted by molar-refractivity contribution is 0.0939. The number of amides is 1. The Morgan fingerprint density at radius 1 is 1.16 bits per heavy atom. The second-order valence-corrected chi connectivity index (χ2v) is 5.46. The van der Waals surface area contributed by atoms with Crippen molar-refractivity contribution in [3.63, 3.8) is 0 Å². The molecule has 0 spiro atoms. The molecule has 0 aromatic heterocycles. The van der Waals surface area contributed by atoms with E-state index in [9.17, 15) is 4.79 Å². The Bertz CT molecular complexity index is 600. The molecule has 98 valence electrons. The van der Waals surface area contributed by atoms with Gasteiger partial charge < -0.3 is 5.32 Å². The summed E-state index contributed by atoms with van der Waals surface area (Å²) in [5.41, 5.74) is 1.52. The van der Waals surface area contributed by atoms with Gasteiger partial charge in [-0.05, 0) is 46.6 Å². The fraction of sp³-hybridized carbons (Fsp3) is 0.133. The van der Waals surface area contributed by atoms with Crippen molar-refractivity contribution in [2.75, 3.05) is 0 Å². The fourth-order valence-corrected chi connectivity index (χ4v) is 2.59. The quantitative estimate of drug-likeness (QED) is 0.871. The van der Waals surface area contributed by atoms with Crippen molar-refractivity contribution in [3.05, 3.63) is 69.2 Å². The van der Waals surface area contributed by atoms with Gasteiger partial charge in [-0.15, -0.1) is 0 Å². The van der Waals surface area contributed by atoms with Crippen molar-refractivity contribution < 1.29 is 4.79 Å². The van der Waals surface area contributed by atoms with E-state index in [1.165, 1.54) is 0 Å². The third-order valence-electron chi connectivity index (χ3n) is 2.84. The Morgan fingerprint density at radius 2 is 1.79 bits per heavy atom. The maximum absolute atomic E-state index is 12.2. The van der Waals surface area contributed by atoms with Crippen LogP contribution in [-0.2, 0) is 0 Å².